The molecule has 0 saturated carbocycles. The van der Waals surface area contributed by atoms with Gasteiger partial charge in [-0.25, -0.2) is 8.42 Å². The van der Waals surface area contributed by atoms with Crippen molar-refractivity contribution in [1.82, 2.24) is 14.5 Å². The van der Waals surface area contributed by atoms with Crippen LogP contribution in [0.25, 0.3) is 0 Å². The number of β-amino-alcohol motifs (C(OH)–C–C–N with tert-alkyl or cyclic N) is 1. The molecule has 0 spiro atoms. The van der Waals surface area contributed by atoms with E-state index >= 15 is 0 Å². The third-order valence-electron chi connectivity index (χ3n) is 4.41. The fourth-order valence-corrected chi connectivity index (χ4v) is 5.19. The number of sulfonamides is 1. The van der Waals surface area contributed by atoms with Crippen LogP contribution >= 0.6 is 0 Å². The van der Waals surface area contributed by atoms with Crippen molar-refractivity contribution in [1.29, 1.82) is 0 Å². The van der Waals surface area contributed by atoms with E-state index in [4.69, 9.17) is 0 Å². The highest BCUT2D eigenvalue weighted by Gasteiger charge is 2.38. The van der Waals surface area contributed by atoms with Gasteiger partial charge in [0.15, 0.2) is 0 Å². The monoisotopic (exact) mass is 319 g/mol. The van der Waals surface area contributed by atoms with Crippen molar-refractivity contribution < 1.29 is 13.5 Å². The Kier molecular flexibility index (Phi) is 6.02. The summed E-state index contributed by atoms with van der Waals surface area (Å²) in [5.74, 6) is 0.182. The van der Waals surface area contributed by atoms with E-state index in [-0.39, 0.29) is 18.3 Å². The van der Waals surface area contributed by atoms with Gasteiger partial charge in [0.1, 0.15) is 0 Å². The van der Waals surface area contributed by atoms with Crippen molar-refractivity contribution in [3.8, 4) is 0 Å². The first kappa shape index (κ1) is 17.1. The topological polar surface area (TPSA) is 72.9 Å². The summed E-state index contributed by atoms with van der Waals surface area (Å²) in [6, 6.07) is 0.229. The van der Waals surface area contributed by atoms with E-state index in [0.717, 1.165) is 13.0 Å². The lowest BCUT2D eigenvalue weighted by atomic mass is 10.0. The maximum absolute atomic E-state index is 12.6. The first-order chi connectivity index (χ1) is 9.88. The van der Waals surface area contributed by atoms with Crippen LogP contribution in [-0.2, 0) is 10.0 Å². The summed E-state index contributed by atoms with van der Waals surface area (Å²) in [5.41, 5.74) is 0. The lowest BCUT2D eigenvalue weighted by Crippen LogP contribution is -2.44. The van der Waals surface area contributed by atoms with Gasteiger partial charge in [-0.15, -0.1) is 0 Å². The summed E-state index contributed by atoms with van der Waals surface area (Å²) in [5, 5.41) is 13.2. The molecule has 3 unspecified atom stereocenters. The molecule has 0 aliphatic carbocycles. The Labute approximate surface area is 128 Å². The molecule has 2 fully saturated rings. The second kappa shape index (κ2) is 7.37. The SMILES string of the molecule is CN(C)CC1CC(O)CN1S(=O)(=O)CCC1CCCCN1. The lowest BCUT2D eigenvalue weighted by molar-refractivity contribution is 0.188. The summed E-state index contributed by atoms with van der Waals surface area (Å²) in [6.45, 7) is 1.91. The van der Waals surface area contributed by atoms with Crippen LogP contribution in [0.2, 0.25) is 0 Å². The van der Waals surface area contributed by atoms with Crippen LogP contribution in [0.5, 0.6) is 0 Å². The summed E-state index contributed by atoms with van der Waals surface area (Å²) in [6.07, 6.45) is 4.12. The number of hydrogen-bond donors (Lipinski definition) is 2. The molecule has 21 heavy (non-hydrogen) atoms. The number of aliphatic hydroxyl groups excluding tert-OH is 1. The zero-order valence-corrected chi connectivity index (χ0v) is 14.0. The minimum absolute atomic E-state index is 0.0979. The molecule has 0 radical (unpaired) electrons. The molecule has 0 aromatic heterocycles. The van der Waals surface area contributed by atoms with E-state index in [9.17, 15) is 13.5 Å². The van der Waals surface area contributed by atoms with Crippen molar-refractivity contribution in [3.63, 3.8) is 0 Å². The molecular weight excluding hydrogens is 290 g/mol. The van der Waals surface area contributed by atoms with Crippen molar-refractivity contribution in [2.75, 3.05) is 39.5 Å². The zero-order valence-electron chi connectivity index (χ0n) is 13.2. The number of aliphatic hydroxyl groups is 1. The predicted molar refractivity (Wildman–Crippen MR) is 83.7 cm³/mol. The van der Waals surface area contributed by atoms with Crippen molar-refractivity contribution in [3.05, 3.63) is 0 Å². The van der Waals surface area contributed by atoms with Crippen LogP contribution in [0.4, 0.5) is 0 Å². The number of likely N-dealkylation sites (N-methyl/N-ethyl adjacent to an activating group) is 1. The largest absolute Gasteiger partial charge is 0.392 e. The van der Waals surface area contributed by atoms with Gasteiger partial charge in [0.05, 0.1) is 11.9 Å². The Hall–Kier alpha value is -0.210. The van der Waals surface area contributed by atoms with Gasteiger partial charge in [0, 0.05) is 25.2 Å². The summed E-state index contributed by atoms with van der Waals surface area (Å²) < 4.78 is 26.7. The smallest absolute Gasteiger partial charge is 0.214 e. The highest BCUT2D eigenvalue weighted by Crippen LogP contribution is 2.23. The average molecular weight is 319 g/mol. The second-order valence-electron chi connectivity index (χ2n) is 6.63. The van der Waals surface area contributed by atoms with E-state index in [0.29, 0.717) is 25.4 Å². The first-order valence-electron chi connectivity index (χ1n) is 7.94. The van der Waals surface area contributed by atoms with Crippen LogP contribution < -0.4 is 5.32 Å². The van der Waals surface area contributed by atoms with Crippen LogP contribution in [0.1, 0.15) is 32.1 Å². The maximum atomic E-state index is 12.6. The number of hydrogen-bond acceptors (Lipinski definition) is 5. The third kappa shape index (κ3) is 4.89. The number of nitrogens with zero attached hydrogens (tertiary/aromatic N) is 2. The van der Waals surface area contributed by atoms with E-state index in [1.165, 1.54) is 17.1 Å². The summed E-state index contributed by atoms with van der Waals surface area (Å²) >= 11 is 0. The second-order valence-corrected chi connectivity index (χ2v) is 8.67. The molecule has 2 aliphatic heterocycles. The standard InChI is InChI=1S/C14H29N3O3S/c1-16(2)10-13-9-14(18)11-17(13)21(19,20)8-6-12-5-3-4-7-15-12/h12-15,18H,3-11H2,1-2H3. The van der Waals surface area contributed by atoms with Gasteiger partial charge in [-0.2, -0.15) is 4.31 Å². The number of piperidine rings is 1. The van der Waals surface area contributed by atoms with E-state index in [1.54, 1.807) is 0 Å². The van der Waals surface area contributed by atoms with E-state index < -0.39 is 16.1 Å². The van der Waals surface area contributed by atoms with Crippen LogP contribution in [-0.4, -0.2) is 80.4 Å². The molecule has 2 heterocycles. The molecule has 0 bridgehead atoms. The highest BCUT2D eigenvalue weighted by molar-refractivity contribution is 7.89. The van der Waals surface area contributed by atoms with Gasteiger partial charge in [-0.05, 0) is 46.3 Å². The Balaban J connectivity index is 1.93. The lowest BCUT2D eigenvalue weighted by Gasteiger charge is -2.28. The first-order valence-corrected chi connectivity index (χ1v) is 9.55. The molecule has 6 nitrogen and oxygen atoms in total. The van der Waals surface area contributed by atoms with Crippen LogP contribution in [0.15, 0.2) is 0 Å². The molecule has 2 rings (SSSR count). The third-order valence-corrected chi connectivity index (χ3v) is 6.33. The van der Waals surface area contributed by atoms with E-state index in [2.05, 4.69) is 5.32 Å². The quantitative estimate of drug-likeness (QED) is 0.712. The van der Waals surface area contributed by atoms with Crippen LogP contribution in [0, 0.1) is 0 Å². The maximum Gasteiger partial charge on any atom is 0.214 e. The van der Waals surface area contributed by atoms with Gasteiger partial charge in [0.2, 0.25) is 10.0 Å². The molecule has 0 aromatic rings. The molecule has 2 aliphatic rings. The van der Waals surface area contributed by atoms with Crippen molar-refractivity contribution in [2.45, 2.75) is 50.3 Å². The van der Waals surface area contributed by atoms with Gasteiger partial charge in [0.25, 0.3) is 0 Å². The molecule has 124 valence electrons. The minimum Gasteiger partial charge on any atom is -0.392 e. The normalized spacial score (nSPS) is 31.9. The fraction of sp³-hybridized carbons (Fsp3) is 1.00. The molecule has 3 atom stereocenters. The molecule has 2 saturated heterocycles. The Bertz CT molecular complexity index is 421. The highest BCUT2D eigenvalue weighted by atomic mass is 32.2. The van der Waals surface area contributed by atoms with Crippen LogP contribution in [0.3, 0.4) is 0 Å². The fourth-order valence-electron chi connectivity index (χ4n) is 3.37. The summed E-state index contributed by atoms with van der Waals surface area (Å²) in [4.78, 5) is 1.98. The van der Waals surface area contributed by atoms with Gasteiger partial charge >= 0.3 is 0 Å². The zero-order chi connectivity index (χ0) is 15.5. The molecular formula is C14H29N3O3S. The van der Waals surface area contributed by atoms with Crippen molar-refractivity contribution in [2.24, 2.45) is 0 Å². The molecule has 0 aromatic carbocycles. The Morgan fingerprint density at radius 3 is 2.71 bits per heavy atom. The van der Waals surface area contributed by atoms with Gasteiger partial charge in [-0.1, -0.05) is 6.42 Å². The minimum atomic E-state index is -3.28. The van der Waals surface area contributed by atoms with Crippen molar-refractivity contribution >= 4 is 10.0 Å². The molecule has 0 amide bonds. The van der Waals surface area contributed by atoms with Gasteiger partial charge < -0.3 is 15.3 Å². The number of nitrogens with one attached hydrogen (secondary N) is 1. The van der Waals surface area contributed by atoms with Gasteiger partial charge in [-0.3, -0.25) is 0 Å². The average Bonchev–Trinajstić information content (AvgIpc) is 2.78. The summed E-state index contributed by atoms with van der Waals surface area (Å²) in [7, 11) is 0.584. The van der Waals surface area contributed by atoms with E-state index in [1.807, 2.05) is 19.0 Å². The molecule has 2 N–H and O–H groups in total. The molecule has 7 heteroatoms. The Morgan fingerprint density at radius 1 is 1.33 bits per heavy atom. The Morgan fingerprint density at radius 2 is 2.10 bits per heavy atom. The predicted octanol–water partition coefficient (Wildman–Crippen LogP) is -0.155. The number of rotatable bonds is 6.